The van der Waals surface area contributed by atoms with Crippen molar-refractivity contribution in [1.82, 2.24) is 35.0 Å². The van der Waals surface area contributed by atoms with Crippen LogP contribution in [0.2, 0.25) is 0 Å². The average molecular weight is 446 g/mol. The van der Waals surface area contributed by atoms with Crippen LogP contribution in [0.5, 0.6) is 0 Å². The van der Waals surface area contributed by atoms with Crippen LogP contribution in [-0.4, -0.2) is 40.9 Å². The standard InChI is InChI=1S/C21H15FN8OS/c1-13-26-27-28-30(13)16-7-8-17(22)18(9-16)24-20(31)19-12-32-21(25-19)14-10-23-29(11-14)15-5-3-2-4-6-15/h2-12H,1H3,(H,24,31). The molecular weight excluding hydrogens is 431 g/mol. The zero-order valence-electron chi connectivity index (χ0n) is 16.7. The lowest BCUT2D eigenvalue weighted by molar-refractivity contribution is 0.102. The van der Waals surface area contributed by atoms with Gasteiger partial charge in [0.2, 0.25) is 0 Å². The number of amides is 1. The highest BCUT2D eigenvalue weighted by molar-refractivity contribution is 7.13. The number of nitrogens with one attached hydrogen (secondary N) is 1. The quantitative estimate of drug-likeness (QED) is 0.442. The number of para-hydroxylation sites is 1. The first kappa shape index (κ1) is 19.7. The number of hydrogen-bond acceptors (Lipinski definition) is 7. The van der Waals surface area contributed by atoms with Crippen LogP contribution in [0.25, 0.3) is 21.9 Å². The van der Waals surface area contributed by atoms with Gasteiger partial charge in [0.05, 0.1) is 23.3 Å². The summed E-state index contributed by atoms with van der Waals surface area (Å²) in [6, 6.07) is 13.9. The first-order valence-corrected chi connectivity index (χ1v) is 10.4. The summed E-state index contributed by atoms with van der Waals surface area (Å²) < 4.78 is 17.5. The third-order valence-electron chi connectivity index (χ3n) is 4.66. The number of benzene rings is 2. The first-order valence-electron chi connectivity index (χ1n) is 9.51. The van der Waals surface area contributed by atoms with Gasteiger partial charge in [-0.1, -0.05) is 18.2 Å². The zero-order valence-corrected chi connectivity index (χ0v) is 17.5. The molecule has 5 rings (SSSR count). The van der Waals surface area contributed by atoms with Gasteiger partial charge in [0.15, 0.2) is 5.82 Å². The molecule has 2 aromatic carbocycles. The highest BCUT2D eigenvalue weighted by Gasteiger charge is 2.16. The average Bonchev–Trinajstić information content (AvgIpc) is 3.56. The van der Waals surface area contributed by atoms with Crippen molar-refractivity contribution in [2.45, 2.75) is 6.92 Å². The number of halogens is 1. The molecule has 0 unspecified atom stereocenters. The summed E-state index contributed by atoms with van der Waals surface area (Å²) in [6.07, 6.45) is 3.53. The van der Waals surface area contributed by atoms with Crippen molar-refractivity contribution >= 4 is 22.9 Å². The summed E-state index contributed by atoms with van der Waals surface area (Å²) >= 11 is 1.31. The van der Waals surface area contributed by atoms with Gasteiger partial charge in [-0.3, -0.25) is 4.79 Å². The molecule has 1 amide bonds. The second-order valence-corrected chi connectivity index (χ2v) is 7.66. The van der Waals surface area contributed by atoms with E-state index in [-0.39, 0.29) is 11.4 Å². The van der Waals surface area contributed by atoms with E-state index in [0.29, 0.717) is 16.5 Å². The number of anilines is 1. The van der Waals surface area contributed by atoms with Crippen LogP contribution >= 0.6 is 11.3 Å². The van der Waals surface area contributed by atoms with Gasteiger partial charge in [-0.05, 0) is 47.7 Å². The van der Waals surface area contributed by atoms with Gasteiger partial charge in [0.25, 0.3) is 5.91 Å². The second kappa shape index (κ2) is 8.12. The molecular formula is C21H15FN8OS. The molecule has 3 heterocycles. The summed E-state index contributed by atoms with van der Waals surface area (Å²) in [5, 5.41) is 20.4. The molecule has 0 radical (unpaired) electrons. The molecule has 0 bridgehead atoms. The Morgan fingerprint density at radius 1 is 1.12 bits per heavy atom. The smallest absolute Gasteiger partial charge is 0.275 e. The van der Waals surface area contributed by atoms with Crippen molar-refractivity contribution in [2.75, 3.05) is 5.32 Å². The molecule has 158 valence electrons. The minimum Gasteiger partial charge on any atom is -0.318 e. The molecule has 0 aliphatic rings. The maximum absolute atomic E-state index is 14.3. The third-order valence-corrected chi connectivity index (χ3v) is 5.55. The topological polar surface area (TPSA) is 103 Å². The van der Waals surface area contributed by atoms with E-state index in [9.17, 15) is 9.18 Å². The van der Waals surface area contributed by atoms with Gasteiger partial charge in [-0.25, -0.2) is 14.1 Å². The van der Waals surface area contributed by atoms with E-state index in [2.05, 4.69) is 30.9 Å². The Morgan fingerprint density at radius 2 is 1.97 bits per heavy atom. The molecule has 0 atom stereocenters. The number of hydrogen-bond donors (Lipinski definition) is 1. The second-order valence-electron chi connectivity index (χ2n) is 6.80. The van der Waals surface area contributed by atoms with E-state index < -0.39 is 11.7 Å². The Hall–Kier alpha value is -4.25. The van der Waals surface area contributed by atoms with Crippen LogP contribution < -0.4 is 5.32 Å². The predicted octanol–water partition coefficient (Wildman–Crippen LogP) is 3.67. The Bertz CT molecular complexity index is 1410. The molecule has 32 heavy (non-hydrogen) atoms. The number of aryl methyl sites for hydroxylation is 1. The Labute approximate surface area is 185 Å². The highest BCUT2D eigenvalue weighted by Crippen LogP contribution is 2.25. The lowest BCUT2D eigenvalue weighted by atomic mass is 10.2. The molecule has 9 nitrogen and oxygen atoms in total. The molecule has 5 aromatic rings. The number of carbonyl (C=O) groups is 1. The zero-order chi connectivity index (χ0) is 22.1. The van der Waals surface area contributed by atoms with E-state index in [1.807, 2.05) is 36.5 Å². The van der Waals surface area contributed by atoms with Crippen LogP contribution in [0.15, 0.2) is 66.3 Å². The largest absolute Gasteiger partial charge is 0.318 e. The number of nitrogens with zero attached hydrogens (tertiary/aromatic N) is 7. The summed E-state index contributed by atoms with van der Waals surface area (Å²) in [4.78, 5) is 17.1. The Morgan fingerprint density at radius 3 is 2.75 bits per heavy atom. The molecule has 1 N–H and O–H groups in total. The monoisotopic (exact) mass is 446 g/mol. The minimum atomic E-state index is -0.576. The van der Waals surface area contributed by atoms with Crippen molar-refractivity contribution in [2.24, 2.45) is 0 Å². The van der Waals surface area contributed by atoms with Gasteiger partial charge in [-0.2, -0.15) is 9.78 Å². The molecule has 0 saturated heterocycles. The van der Waals surface area contributed by atoms with Gasteiger partial charge in [-0.15, -0.1) is 16.4 Å². The van der Waals surface area contributed by atoms with Crippen molar-refractivity contribution in [3.05, 3.63) is 83.6 Å². The van der Waals surface area contributed by atoms with Crippen molar-refractivity contribution in [3.8, 4) is 21.9 Å². The fraction of sp³-hybridized carbons (Fsp3) is 0.0476. The molecule has 0 aliphatic heterocycles. The highest BCUT2D eigenvalue weighted by atomic mass is 32.1. The maximum atomic E-state index is 14.3. The van der Waals surface area contributed by atoms with Crippen molar-refractivity contribution < 1.29 is 9.18 Å². The first-order chi connectivity index (χ1) is 15.6. The summed E-state index contributed by atoms with van der Waals surface area (Å²) in [6.45, 7) is 1.72. The molecule has 0 spiro atoms. The molecule has 3 aromatic heterocycles. The normalized spacial score (nSPS) is 10.9. The number of tetrazole rings is 1. The Kier molecular flexibility index (Phi) is 5.00. The van der Waals surface area contributed by atoms with Gasteiger partial charge >= 0.3 is 0 Å². The number of carbonyl (C=O) groups excluding carboxylic acids is 1. The minimum absolute atomic E-state index is 0.00819. The van der Waals surface area contributed by atoms with Crippen LogP contribution in [-0.2, 0) is 0 Å². The van der Waals surface area contributed by atoms with Crippen LogP contribution in [0, 0.1) is 12.7 Å². The van der Waals surface area contributed by atoms with Crippen molar-refractivity contribution in [3.63, 3.8) is 0 Å². The van der Waals surface area contributed by atoms with E-state index in [0.717, 1.165) is 11.3 Å². The van der Waals surface area contributed by atoms with Crippen molar-refractivity contribution in [1.29, 1.82) is 0 Å². The lowest BCUT2D eigenvalue weighted by Crippen LogP contribution is -2.14. The third kappa shape index (κ3) is 3.76. The summed E-state index contributed by atoms with van der Waals surface area (Å²) in [7, 11) is 0. The van der Waals surface area contributed by atoms with Crippen LogP contribution in [0.4, 0.5) is 10.1 Å². The van der Waals surface area contributed by atoms with Crippen LogP contribution in [0.1, 0.15) is 16.3 Å². The van der Waals surface area contributed by atoms with E-state index in [1.165, 1.54) is 34.2 Å². The number of aromatic nitrogens is 7. The predicted molar refractivity (Wildman–Crippen MR) is 116 cm³/mol. The van der Waals surface area contributed by atoms with E-state index in [1.54, 1.807) is 23.2 Å². The number of thiazole rings is 1. The van der Waals surface area contributed by atoms with Gasteiger partial charge in [0, 0.05) is 17.1 Å². The fourth-order valence-corrected chi connectivity index (χ4v) is 3.84. The maximum Gasteiger partial charge on any atom is 0.275 e. The Balaban J connectivity index is 1.36. The van der Waals surface area contributed by atoms with Gasteiger partial charge in [0.1, 0.15) is 16.5 Å². The van der Waals surface area contributed by atoms with Gasteiger partial charge < -0.3 is 5.32 Å². The van der Waals surface area contributed by atoms with E-state index >= 15 is 0 Å². The molecule has 0 fully saturated rings. The summed E-state index contributed by atoms with van der Waals surface area (Å²) in [5.41, 5.74) is 2.41. The molecule has 0 aliphatic carbocycles. The SMILES string of the molecule is Cc1nnnn1-c1ccc(F)c(NC(=O)c2csc(-c3cnn(-c4ccccc4)c3)n2)c1. The fourth-order valence-electron chi connectivity index (χ4n) is 3.06. The molecule has 11 heteroatoms. The van der Waals surface area contributed by atoms with Crippen LogP contribution in [0.3, 0.4) is 0 Å². The summed E-state index contributed by atoms with van der Waals surface area (Å²) in [5.74, 6) is -0.561. The van der Waals surface area contributed by atoms with E-state index in [4.69, 9.17) is 0 Å². The molecule has 0 saturated carbocycles. The lowest BCUT2D eigenvalue weighted by Gasteiger charge is -2.08. The number of rotatable bonds is 5.